The Hall–Kier alpha value is -1.86. The number of carbonyl (C=O) groups is 3. The minimum atomic E-state index is -3.64. The lowest BCUT2D eigenvalue weighted by atomic mass is 9.85. The highest BCUT2D eigenvalue weighted by Crippen LogP contribution is 2.69. The van der Waals surface area contributed by atoms with Crippen molar-refractivity contribution < 1.29 is 28.6 Å². The summed E-state index contributed by atoms with van der Waals surface area (Å²) in [5.74, 6) is -1.05. The van der Waals surface area contributed by atoms with Gasteiger partial charge in [0.15, 0.2) is 0 Å². The Morgan fingerprint density at radius 3 is 2.41 bits per heavy atom. The van der Waals surface area contributed by atoms with Gasteiger partial charge in [0.25, 0.3) is 0 Å². The van der Waals surface area contributed by atoms with Crippen molar-refractivity contribution in [3.05, 3.63) is 12.7 Å². The van der Waals surface area contributed by atoms with E-state index in [0.29, 0.717) is 25.8 Å². The summed E-state index contributed by atoms with van der Waals surface area (Å²) in [6.45, 7) is 11.3. The van der Waals surface area contributed by atoms with Gasteiger partial charge in [0.2, 0.25) is 19.2 Å². The van der Waals surface area contributed by atoms with Gasteiger partial charge >= 0.3 is 6.09 Å². The van der Waals surface area contributed by atoms with E-state index in [9.17, 15) is 23.8 Å². The molecule has 0 bridgehead atoms. The summed E-state index contributed by atoms with van der Waals surface area (Å²) in [5, 5.41) is 4.37. The van der Waals surface area contributed by atoms with Crippen LogP contribution in [0, 0.1) is 11.3 Å². The van der Waals surface area contributed by atoms with Gasteiger partial charge in [-0.15, -0.1) is 6.58 Å². The number of ether oxygens (including phenoxy) is 1. The minimum Gasteiger partial charge on any atom is -0.446 e. The topological polar surface area (TPSA) is 125 Å². The molecule has 2 saturated carbocycles. The van der Waals surface area contributed by atoms with Crippen molar-refractivity contribution in [1.82, 2.24) is 15.5 Å². The third-order valence-corrected chi connectivity index (χ3v) is 10.2. The van der Waals surface area contributed by atoms with Crippen molar-refractivity contribution in [1.29, 1.82) is 0 Å². The van der Waals surface area contributed by atoms with Gasteiger partial charge in [-0.1, -0.05) is 33.8 Å². The standard InChI is InChI=1S/C24H40N3O6P/c1-6-16-15-24(16,34(31,32)7-2)26-20(28)18-13-10-14-27(18)21(29)19(23(3,4)5)25-22(30)33-17-11-8-9-12-17/h6,16-19H,1,7-15H2,2-5H3,(H,25,30)(H,26,28)(H,31,32)/t16-,18+,19?,24+/m1/s1. The molecule has 0 aromatic carbocycles. The summed E-state index contributed by atoms with van der Waals surface area (Å²) >= 11 is 0. The van der Waals surface area contributed by atoms with Crippen molar-refractivity contribution in [3.8, 4) is 0 Å². The molecule has 5 atom stereocenters. The molecule has 0 aromatic heterocycles. The Bertz CT molecular complexity index is 865. The van der Waals surface area contributed by atoms with Crippen LogP contribution in [0.4, 0.5) is 4.79 Å². The molecule has 3 rings (SSSR count). The molecule has 3 fully saturated rings. The number of amides is 3. The van der Waals surface area contributed by atoms with Crippen LogP contribution < -0.4 is 10.6 Å². The van der Waals surface area contributed by atoms with E-state index in [1.807, 2.05) is 20.8 Å². The lowest BCUT2D eigenvalue weighted by molar-refractivity contribution is -0.142. The van der Waals surface area contributed by atoms with Gasteiger partial charge in [-0.2, -0.15) is 0 Å². The molecule has 192 valence electrons. The van der Waals surface area contributed by atoms with Crippen LogP contribution in [-0.4, -0.2) is 63.9 Å². The van der Waals surface area contributed by atoms with E-state index in [0.717, 1.165) is 25.7 Å². The number of hydrogen-bond acceptors (Lipinski definition) is 5. The number of likely N-dealkylation sites (tertiary alicyclic amines) is 1. The lowest BCUT2D eigenvalue weighted by Crippen LogP contribution is -2.58. The molecule has 1 saturated heterocycles. The molecule has 10 heteroatoms. The van der Waals surface area contributed by atoms with Gasteiger partial charge in [0.05, 0.1) is 0 Å². The summed E-state index contributed by atoms with van der Waals surface area (Å²) < 4.78 is 18.4. The summed E-state index contributed by atoms with van der Waals surface area (Å²) in [7, 11) is -3.64. The van der Waals surface area contributed by atoms with Crippen molar-refractivity contribution in [2.24, 2.45) is 11.3 Å². The Balaban J connectivity index is 1.72. The Morgan fingerprint density at radius 2 is 1.88 bits per heavy atom. The fourth-order valence-electron chi connectivity index (χ4n) is 5.19. The molecule has 0 aromatic rings. The van der Waals surface area contributed by atoms with Crippen LogP contribution in [-0.2, 0) is 18.9 Å². The van der Waals surface area contributed by atoms with Crippen LogP contribution in [0.2, 0.25) is 0 Å². The zero-order chi connectivity index (χ0) is 25.3. The molecule has 1 heterocycles. The van der Waals surface area contributed by atoms with Crippen LogP contribution in [0.5, 0.6) is 0 Å². The molecule has 3 aliphatic rings. The van der Waals surface area contributed by atoms with Crippen molar-refractivity contribution in [2.75, 3.05) is 12.7 Å². The average molecular weight is 498 g/mol. The highest BCUT2D eigenvalue weighted by molar-refractivity contribution is 7.60. The van der Waals surface area contributed by atoms with Crippen molar-refractivity contribution >= 4 is 25.3 Å². The first-order valence-electron chi connectivity index (χ1n) is 12.4. The predicted molar refractivity (Wildman–Crippen MR) is 129 cm³/mol. The monoisotopic (exact) mass is 497 g/mol. The largest absolute Gasteiger partial charge is 0.446 e. The van der Waals surface area contributed by atoms with Crippen LogP contribution in [0.25, 0.3) is 0 Å². The third kappa shape index (κ3) is 5.35. The number of carbonyl (C=O) groups excluding carboxylic acids is 3. The molecule has 0 spiro atoms. The quantitative estimate of drug-likeness (QED) is 0.349. The van der Waals surface area contributed by atoms with E-state index < -0.39 is 42.1 Å². The zero-order valence-electron chi connectivity index (χ0n) is 20.8. The van der Waals surface area contributed by atoms with Gasteiger partial charge in [-0.3, -0.25) is 14.2 Å². The minimum absolute atomic E-state index is 0.0457. The maximum absolute atomic E-state index is 13.6. The van der Waals surface area contributed by atoms with Crippen molar-refractivity contribution in [3.63, 3.8) is 0 Å². The number of rotatable bonds is 8. The zero-order valence-corrected chi connectivity index (χ0v) is 21.7. The maximum atomic E-state index is 13.6. The second kappa shape index (κ2) is 10.0. The number of nitrogens with one attached hydrogen (secondary N) is 2. The summed E-state index contributed by atoms with van der Waals surface area (Å²) in [6, 6.07) is -1.63. The first-order chi connectivity index (χ1) is 15.9. The Morgan fingerprint density at radius 1 is 1.24 bits per heavy atom. The van der Waals surface area contributed by atoms with E-state index in [-0.39, 0.29) is 24.1 Å². The van der Waals surface area contributed by atoms with Gasteiger partial charge in [-0.05, 0) is 50.4 Å². The maximum Gasteiger partial charge on any atom is 0.408 e. The molecule has 1 aliphatic heterocycles. The third-order valence-electron chi connectivity index (χ3n) is 7.45. The van der Waals surface area contributed by atoms with E-state index in [1.165, 1.54) is 4.90 Å². The number of nitrogens with zero attached hydrogens (tertiary/aromatic N) is 1. The van der Waals surface area contributed by atoms with E-state index in [4.69, 9.17) is 4.74 Å². The van der Waals surface area contributed by atoms with Gasteiger partial charge in [-0.25, -0.2) is 4.79 Å². The highest BCUT2D eigenvalue weighted by Gasteiger charge is 2.65. The van der Waals surface area contributed by atoms with Crippen LogP contribution in [0.3, 0.4) is 0 Å². The molecular weight excluding hydrogens is 457 g/mol. The predicted octanol–water partition coefficient (Wildman–Crippen LogP) is 3.37. The van der Waals surface area contributed by atoms with Crippen LogP contribution in [0.15, 0.2) is 12.7 Å². The summed E-state index contributed by atoms with van der Waals surface area (Å²) in [5.41, 5.74) is -0.607. The molecule has 2 aliphatic carbocycles. The second-order valence-corrected chi connectivity index (χ2v) is 13.8. The van der Waals surface area contributed by atoms with Crippen molar-refractivity contribution in [2.45, 2.75) is 96.1 Å². The number of alkyl carbamates (subject to hydrolysis) is 1. The lowest BCUT2D eigenvalue weighted by Gasteiger charge is -2.36. The average Bonchev–Trinajstić information content (AvgIpc) is 3.12. The molecule has 3 N–H and O–H groups in total. The van der Waals surface area contributed by atoms with E-state index >= 15 is 0 Å². The van der Waals surface area contributed by atoms with Gasteiger partial charge < -0.3 is 25.2 Å². The fourth-order valence-corrected chi connectivity index (χ4v) is 7.15. The summed E-state index contributed by atoms with van der Waals surface area (Å²) in [4.78, 5) is 51.5. The Kier molecular flexibility index (Phi) is 7.88. The van der Waals surface area contributed by atoms with E-state index in [2.05, 4.69) is 17.2 Å². The van der Waals surface area contributed by atoms with Crippen LogP contribution >= 0.6 is 7.37 Å². The Labute approximate surface area is 202 Å². The molecule has 0 radical (unpaired) electrons. The molecular formula is C24H40N3O6P. The molecule has 34 heavy (non-hydrogen) atoms. The second-order valence-electron chi connectivity index (χ2n) is 10.9. The summed E-state index contributed by atoms with van der Waals surface area (Å²) in [6.07, 6.45) is 6.07. The normalized spacial score (nSPS) is 29.7. The van der Waals surface area contributed by atoms with E-state index in [1.54, 1.807) is 13.0 Å². The first kappa shape index (κ1) is 26.7. The fraction of sp³-hybridized carbons (Fsp3) is 0.792. The van der Waals surface area contributed by atoms with Gasteiger partial charge in [0, 0.05) is 18.6 Å². The van der Waals surface area contributed by atoms with Crippen LogP contribution in [0.1, 0.15) is 72.6 Å². The van der Waals surface area contributed by atoms with Gasteiger partial charge in [0.1, 0.15) is 23.5 Å². The smallest absolute Gasteiger partial charge is 0.408 e. The first-order valence-corrected chi connectivity index (χ1v) is 14.2. The SMILES string of the molecule is C=C[C@@H]1C[C@]1(NC(=O)[C@@H]1CCCN1C(=O)C(NC(=O)OC1CCCC1)C(C)(C)C)P(=O)(O)CC. The molecule has 2 unspecified atom stereocenters. The highest BCUT2D eigenvalue weighted by atomic mass is 31.2. The number of hydrogen-bond donors (Lipinski definition) is 3. The molecule has 3 amide bonds. The molecule has 9 nitrogen and oxygen atoms in total.